The number of nitrogens with zero attached hydrogens (tertiary/aromatic N) is 2. The van der Waals surface area contributed by atoms with E-state index in [1.165, 1.54) is 0 Å². The molecule has 0 radical (unpaired) electrons. The number of hydrogen-bond acceptors (Lipinski definition) is 3. The van der Waals surface area contributed by atoms with Crippen LogP contribution in [0, 0.1) is 0 Å². The van der Waals surface area contributed by atoms with Crippen LogP contribution in [0.5, 0.6) is 0 Å². The fourth-order valence-corrected chi connectivity index (χ4v) is 2.29. The highest BCUT2D eigenvalue weighted by atomic mass is 79.9. The van der Waals surface area contributed by atoms with Crippen LogP contribution in [0.25, 0.3) is 10.9 Å². The maximum Gasteiger partial charge on any atom is 0.108 e. The molecule has 0 aromatic carbocycles. The van der Waals surface area contributed by atoms with Crippen LogP contribution in [0.4, 0.5) is 5.82 Å². The van der Waals surface area contributed by atoms with Crippen LogP contribution < -0.4 is 4.90 Å². The SMILES string of the molecule is Brc1cc2[nH]c(N3CCOCC3)cc2cn1. The molecule has 5 heteroatoms. The van der Waals surface area contributed by atoms with Gasteiger partial charge >= 0.3 is 0 Å². The van der Waals surface area contributed by atoms with E-state index in [1.807, 2.05) is 12.3 Å². The van der Waals surface area contributed by atoms with Crippen molar-refractivity contribution in [2.45, 2.75) is 0 Å². The van der Waals surface area contributed by atoms with Crippen LogP contribution in [0.2, 0.25) is 0 Å². The summed E-state index contributed by atoms with van der Waals surface area (Å²) in [6, 6.07) is 4.14. The maximum absolute atomic E-state index is 5.34. The van der Waals surface area contributed by atoms with Crippen molar-refractivity contribution in [1.29, 1.82) is 0 Å². The summed E-state index contributed by atoms with van der Waals surface area (Å²) < 4.78 is 6.20. The van der Waals surface area contributed by atoms with E-state index in [2.05, 4.69) is 36.9 Å². The molecule has 1 aliphatic rings. The summed E-state index contributed by atoms with van der Waals surface area (Å²) in [5.41, 5.74) is 1.11. The molecule has 2 aromatic rings. The number of nitrogens with one attached hydrogen (secondary N) is 1. The van der Waals surface area contributed by atoms with Gasteiger partial charge in [0.05, 0.1) is 18.7 Å². The number of hydrogen-bond donors (Lipinski definition) is 1. The third kappa shape index (κ3) is 1.81. The van der Waals surface area contributed by atoms with Gasteiger partial charge in [0.2, 0.25) is 0 Å². The number of ether oxygens (including phenoxy) is 1. The highest BCUT2D eigenvalue weighted by Gasteiger charge is 2.13. The van der Waals surface area contributed by atoms with Crippen molar-refractivity contribution in [3.8, 4) is 0 Å². The maximum atomic E-state index is 5.34. The Morgan fingerprint density at radius 3 is 2.94 bits per heavy atom. The highest BCUT2D eigenvalue weighted by molar-refractivity contribution is 9.10. The molecule has 0 amide bonds. The summed E-state index contributed by atoms with van der Waals surface area (Å²) in [6.07, 6.45) is 1.87. The first kappa shape index (κ1) is 10.1. The van der Waals surface area contributed by atoms with Gasteiger partial charge in [-0.05, 0) is 28.1 Å². The van der Waals surface area contributed by atoms with E-state index in [1.54, 1.807) is 0 Å². The van der Waals surface area contributed by atoms with E-state index >= 15 is 0 Å². The summed E-state index contributed by atoms with van der Waals surface area (Å²) in [5.74, 6) is 1.15. The smallest absolute Gasteiger partial charge is 0.108 e. The largest absolute Gasteiger partial charge is 0.378 e. The monoisotopic (exact) mass is 281 g/mol. The molecule has 0 saturated carbocycles. The summed E-state index contributed by atoms with van der Waals surface area (Å²) >= 11 is 3.37. The van der Waals surface area contributed by atoms with Gasteiger partial charge in [0.25, 0.3) is 0 Å². The zero-order valence-corrected chi connectivity index (χ0v) is 10.3. The quantitative estimate of drug-likeness (QED) is 0.815. The number of anilines is 1. The van der Waals surface area contributed by atoms with Crippen molar-refractivity contribution in [1.82, 2.24) is 9.97 Å². The van der Waals surface area contributed by atoms with Crippen LogP contribution in [0.15, 0.2) is 22.9 Å². The van der Waals surface area contributed by atoms with Crippen molar-refractivity contribution in [3.05, 3.63) is 22.9 Å². The zero-order valence-electron chi connectivity index (χ0n) is 8.74. The zero-order chi connectivity index (χ0) is 11.0. The summed E-state index contributed by atoms with van der Waals surface area (Å²) in [5, 5.41) is 1.14. The molecule has 1 aliphatic heterocycles. The Labute approximate surface area is 102 Å². The predicted molar refractivity (Wildman–Crippen MR) is 66.8 cm³/mol. The van der Waals surface area contributed by atoms with Crippen LogP contribution in [0.3, 0.4) is 0 Å². The Kier molecular flexibility index (Phi) is 2.57. The normalized spacial score (nSPS) is 16.9. The lowest BCUT2D eigenvalue weighted by Gasteiger charge is -2.27. The molecule has 16 heavy (non-hydrogen) atoms. The molecule has 4 nitrogen and oxygen atoms in total. The fourth-order valence-electron chi connectivity index (χ4n) is 1.96. The number of rotatable bonds is 1. The van der Waals surface area contributed by atoms with Crippen molar-refractivity contribution in [2.24, 2.45) is 0 Å². The summed E-state index contributed by atoms with van der Waals surface area (Å²) in [6.45, 7) is 3.50. The molecule has 0 bridgehead atoms. The average molecular weight is 282 g/mol. The topological polar surface area (TPSA) is 41.2 Å². The Balaban J connectivity index is 1.97. The van der Waals surface area contributed by atoms with E-state index in [4.69, 9.17) is 4.74 Å². The van der Waals surface area contributed by atoms with Crippen molar-refractivity contribution < 1.29 is 4.74 Å². The molecule has 3 rings (SSSR count). The average Bonchev–Trinajstić information content (AvgIpc) is 2.73. The van der Waals surface area contributed by atoms with Crippen LogP contribution >= 0.6 is 15.9 Å². The Bertz CT molecular complexity index is 505. The molecule has 84 valence electrons. The molecule has 1 fully saturated rings. The van der Waals surface area contributed by atoms with Gasteiger partial charge in [-0.25, -0.2) is 4.98 Å². The van der Waals surface area contributed by atoms with Crippen LogP contribution in [0.1, 0.15) is 0 Å². The molecule has 1 saturated heterocycles. The molecule has 0 unspecified atom stereocenters. The minimum absolute atomic E-state index is 0.803. The Morgan fingerprint density at radius 1 is 1.31 bits per heavy atom. The van der Waals surface area contributed by atoms with Gasteiger partial charge in [-0.1, -0.05) is 0 Å². The first-order valence-electron chi connectivity index (χ1n) is 5.30. The number of aromatic nitrogens is 2. The molecule has 0 spiro atoms. The fraction of sp³-hybridized carbons (Fsp3) is 0.364. The van der Waals surface area contributed by atoms with Gasteiger partial charge in [0, 0.05) is 24.7 Å². The van der Waals surface area contributed by atoms with Crippen LogP contribution in [-0.4, -0.2) is 36.3 Å². The van der Waals surface area contributed by atoms with Gasteiger partial charge in [-0.3, -0.25) is 0 Å². The first-order valence-corrected chi connectivity index (χ1v) is 6.09. The minimum Gasteiger partial charge on any atom is -0.378 e. The first-order chi connectivity index (χ1) is 7.83. The van der Waals surface area contributed by atoms with Gasteiger partial charge in [0.1, 0.15) is 10.4 Å². The minimum atomic E-state index is 0.803. The second-order valence-corrected chi connectivity index (χ2v) is 4.66. The lowest BCUT2D eigenvalue weighted by Crippen LogP contribution is -2.36. The van der Waals surface area contributed by atoms with Gasteiger partial charge in [0.15, 0.2) is 0 Å². The van der Waals surface area contributed by atoms with Crippen molar-refractivity contribution in [3.63, 3.8) is 0 Å². The Morgan fingerprint density at radius 2 is 2.12 bits per heavy atom. The van der Waals surface area contributed by atoms with Gasteiger partial charge < -0.3 is 14.6 Å². The second kappa shape index (κ2) is 4.07. The van der Waals surface area contributed by atoms with E-state index in [9.17, 15) is 0 Å². The van der Waals surface area contributed by atoms with Crippen LogP contribution in [-0.2, 0) is 4.74 Å². The summed E-state index contributed by atoms with van der Waals surface area (Å²) in [4.78, 5) is 9.93. The lowest BCUT2D eigenvalue weighted by molar-refractivity contribution is 0.122. The molecule has 0 aliphatic carbocycles. The number of aromatic amines is 1. The van der Waals surface area contributed by atoms with Gasteiger partial charge in [-0.15, -0.1) is 0 Å². The van der Waals surface area contributed by atoms with E-state index < -0.39 is 0 Å². The number of halogens is 1. The summed E-state index contributed by atoms with van der Waals surface area (Å²) in [7, 11) is 0. The predicted octanol–water partition coefficient (Wildman–Crippen LogP) is 2.16. The molecule has 1 N–H and O–H groups in total. The van der Waals surface area contributed by atoms with Crippen molar-refractivity contribution in [2.75, 3.05) is 31.2 Å². The molecular weight excluding hydrogens is 270 g/mol. The van der Waals surface area contributed by atoms with Crippen molar-refractivity contribution >= 4 is 32.7 Å². The number of H-pyrrole nitrogens is 1. The number of morpholine rings is 1. The Hall–Kier alpha value is -1.07. The molecule has 0 atom stereocenters. The third-order valence-corrected chi connectivity index (χ3v) is 3.24. The number of pyridine rings is 1. The standard InChI is InChI=1S/C11H12BrN3O/c12-10-6-9-8(7-13-10)5-11(14-9)15-1-3-16-4-2-15/h5-7,14H,1-4H2. The molecular formula is C11H12BrN3O. The molecule has 3 heterocycles. The van der Waals surface area contributed by atoms with Gasteiger partial charge in [-0.2, -0.15) is 0 Å². The van der Waals surface area contributed by atoms with E-state index in [0.29, 0.717) is 0 Å². The molecule has 2 aromatic heterocycles. The van der Waals surface area contributed by atoms with E-state index in [-0.39, 0.29) is 0 Å². The second-order valence-electron chi connectivity index (χ2n) is 3.85. The van der Waals surface area contributed by atoms with E-state index in [0.717, 1.165) is 47.6 Å². The lowest BCUT2D eigenvalue weighted by atomic mass is 10.3. The third-order valence-electron chi connectivity index (χ3n) is 2.81. The number of fused-ring (bicyclic) bond motifs is 1. The highest BCUT2D eigenvalue weighted by Crippen LogP contribution is 2.23.